The van der Waals surface area contributed by atoms with E-state index < -0.39 is 6.04 Å². The predicted octanol–water partition coefficient (Wildman–Crippen LogP) is 0.853. The maximum absolute atomic E-state index is 11.4. The number of nitrogens with zero attached hydrogens (tertiary/aromatic N) is 1. The number of likely N-dealkylation sites (N-methyl/N-ethyl adjacent to an activating group) is 1. The van der Waals surface area contributed by atoms with Crippen LogP contribution in [0.5, 0.6) is 0 Å². The molecule has 0 saturated heterocycles. The molecule has 0 radical (unpaired) electrons. The largest absolute Gasteiger partial charge is 0.463 e. The molecule has 0 aliphatic carbocycles. The lowest BCUT2D eigenvalue weighted by atomic mass is 10.1. The molecule has 15 heavy (non-hydrogen) atoms. The molecule has 0 rings (SSSR count). The summed E-state index contributed by atoms with van der Waals surface area (Å²) in [6.45, 7) is 9.17. The van der Waals surface area contributed by atoms with E-state index in [1.165, 1.54) is 0 Å². The van der Waals surface area contributed by atoms with Gasteiger partial charge in [-0.2, -0.15) is 0 Å². The van der Waals surface area contributed by atoms with Crippen LogP contribution in [0.1, 0.15) is 27.7 Å². The molecule has 0 aliphatic heterocycles. The summed E-state index contributed by atoms with van der Waals surface area (Å²) in [6, 6.07) is -0.0446. The first-order valence-electron chi connectivity index (χ1n) is 5.48. The molecule has 0 fully saturated rings. The van der Waals surface area contributed by atoms with E-state index in [1.54, 1.807) is 0 Å². The third-order valence-corrected chi connectivity index (χ3v) is 2.56. The molecular weight excluding hydrogens is 192 g/mol. The molecule has 0 amide bonds. The highest BCUT2D eigenvalue weighted by molar-refractivity contribution is 5.75. The highest BCUT2D eigenvalue weighted by Crippen LogP contribution is 2.00. The van der Waals surface area contributed by atoms with Crippen LogP contribution in [-0.4, -0.2) is 43.2 Å². The van der Waals surface area contributed by atoms with Crippen molar-refractivity contribution in [3.05, 3.63) is 0 Å². The summed E-state index contributed by atoms with van der Waals surface area (Å²) in [6.07, 6.45) is 0. The van der Waals surface area contributed by atoms with Gasteiger partial charge in [-0.15, -0.1) is 0 Å². The van der Waals surface area contributed by atoms with Gasteiger partial charge in [0.15, 0.2) is 0 Å². The van der Waals surface area contributed by atoms with Gasteiger partial charge < -0.3 is 15.4 Å². The summed E-state index contributed by atoms with van der Waals surface area (Å²) >= 11 is 0. The van der Waals surface area contributed by atoms with Gasteiger partial charge in [0.05, 0.1) is 0 Å². The van der Waals surface area contributed by atoms with Crippen LogP contribution in [0.15, 0.2) is 0 Å². The first kappa shape index (κ1) is 14.4. The summed E-state index contributed by atoms with van der Waals surface area (Å²) in [5, 5.41) is 0. The molecule has 0 saturated carbocycles. The van der Waals surface area contributed by atoms with Crippen molar-refractivity contribution >= 4 is 5.97 Å². The lowest BCUT2D eigenvalue weighted by molar-refractivity contribution is -0.146. The predicted molar refractivity (Wildman–Crippen MR) is 61.5 cm³/mol. The molecule has 2 N–H and O–H groups in total. The highest BCUT2D eigenvalue weighted by atomic mass is 16.5. The molecule has 0 bridgehead atoms. The molecule has 4 heteroatoms. The number of carbonyl (C=O) groups is 1. The second-order valence-electron chi connectivity index (χ2n) is 4.51. The molecule has 0 unspecified atom stereocenters. The molecule has 0 heterocycles. The van der Waals surface area contributed by atoms with Crippen LogP contribution in [0, 0.1) is 5.92 Å². The van der Waals surface area contributed by atoms with Crippen LogP contribution in [0.3, 0.4) is 0 Å². The molecule has 90 valence electrons. The average Bonchev–Trinajstić information content (AvgIpc) is 2.15. The lowest BCUT2D eigenvalue weighted by Gasteiger charge is -2.21. The van der Waals surface area contributed by atoms with E-state index in [4.69, 9.17) is 10.5 Å². The fraction of sp³-hybridized carbons (Fsp3) is 0.909. The minimum absolute atomic E-state index is 0.125. The summed E-state index contributed by atoms with van der Waals surface area (Å²) in [5.41, 5.74) is 5.65. The van der Waals surface area contributed by atoms with Crippen molar-refractivity contribution in [1.82, 2.24) is 4.90 Å². The van der Waals surface area contributed by atoms with Crippen molar-refractivity contribution in [3.8, 4) is 0 Å². The Morgan fingerprint density at radius 3 is 2.27 bits per heavy atom. The number of hydrogen-bond acceptors (Lipinski definition) is 4. The van der Waals surface area contributed by atoms with E-state index in [-0.39, 0.29) is 11.9 Å². The number of nitrogens with two attached hydrogens (primary N) is 1. The van der Waals surface area contributed by atoms with Crippen molar-refractivity contribution in [2.24, 2.45) is 11.7 Å². The van der Waals surface area contributed by atoms with Crippen molar-refractivity contribution in [1.29, 1.82) is 0 Å². The minimum atomic E-state index is -0.505. The normalized spacial score (nSPS) is 13.7. The Hall–Kier alpha value is -0.610. The quantitative estimate of drug-likeness (QED) is 0.669. The first-order chi connectivity index (χ1) is 6.86. The molecule has 4 nitrogen and oxygen atoms in total. The van der Waals surface area contributed by atoms with Crippen LogP contribution in [0.2, 0.25) is 0 Å². The Balaban J connectivity index is 3.73. The zero-order valence-corrected chi connectivity index (χ0v) is 10.5. The number of hydrogen-bond donors (Lipinski definition) is 1. The van der Waals surface area contributed by atoms with E-state index in [1.807, 2.05) is 20.9 Å². The molecule has 0 aromatic heterocycles. The van der Waals surface area contributed by atoms with Gasteiger partial charge in [-0.05, 0) is 26.8 Å². The summed E-state index contributed by atoms with van der Waals surface area (Å²) < 4.78 is 5.08. The standard InChI is InChI=1S/C11H24N2O2/c1-8(2)10(12)11(14)15-7-6-13(5)9(3)4/h8-10H,6-7,12H2,1-5H3/t10-/m0/s1. The number of esters is 1. The van der Waals surface area contributed by atoms with Crippen LogP contribution in [0.25, 0.3) is 0 Å². The van der Waals surface area contributed by atoms with Gasteiger partial charge in [0.25, 0.3) is 0 Å². The molecule has 0 aromatic rings. The van der Waals surface area contributed by atoms with Gasteiger partial charge in [0, 0.05) is 12.6 Å². The van der Waals surface area contributed by atoms with Crippen molar-refractivity contribution in [3.63, 3.8) is 0 Å². The Kier molecular flexibility index (Phi) is 6.52. The van der Waals surface area contributed by atoms with E-state index in [2.05, 4.69) is 18.7 Å². The zero-order valence-electron chi connectivity index (χ0n) is 10.5. The Bertz CT molecular complexity index is 193. The first-order valence-corrected chi connectivity index (χ1v) is 5.48. The maximum Gasteiger partial charge on any atom is 0.323 e. The monoisotopic (exact) mass is 216 g/mol. The topological polar surface area (TPSA) is 55.6 Å². The molecule has 0 aromatic carbocycles. The van der Waals surface area contributed by atoms with E-state index in [9.17, 15) is 4.79 Å². The van der Waals surface area contributed by atoms with Gasteiger partial charge in [0.2, 0.25) is 0 Å². The Morgan fingerprint density at radius 2 is 1.87 bits per heavy atom. The lowest BCUT2D eigenvalue weighted by Crippen LogP contribution is -2.38. The van der Waals surface area contributed by atoms with Crippen molar-refractivity contribution < 1.29 is 9.53 Å². The molecular formula is C11H24N2O2. The number of rotatable bonds is 6. The van der Waals surface area contributed by atoms with Gasteiger partial charge in [-0.25, -0.2) is 0 Å². The van der Waals surface area contributed by atoms with Crippen LogP contribution < -0.4 is 5.73 Å². The SMILES string of the molecule is CC(C)[C@H](N)C(=O)OCCN(C)C(C)C. The molecule has 1 atom stereocenters. The minimum Gasteiger partial charge on any atom is -0.463 e. The second-order valence-corrected chi connectivity index (χ2v) is 4.51. The van der Waals surface area contributed by atoms with Gasteiger partial charge in [-0.1, -0.05) is 13.8 Å². The fourth-order valence-corrected chi connectivity index (χ4v) is 0.917. The Labute approximate surface area is 92.8 Å². The number of carbonyl (C=O) groups excluding carboxylic acids is 1. The summed E-state index contributed by atoms with van der Waals surface area (Å²) in [5.74, 6) is -0.178. The van der Waals surface area contributed by atoms with Gasteiger partial charge in [-0.3, -0.25) is 4.79 Å². The van der Waals surface area contributed by atoms with Gasteiger partial charge >= 0.3 is 5.97 Å². The van der Waals surface area contributed by atoms with Gasteiger partial charge in [0.1, 0.15) is 12.6 Å². The number of ether oxygens (including phenoxy) is 1. The van der Waals surface area contributed by atoms with E-state index >= 15 is 0 Å². The van der Waals surface area contributed by atoms with E-state index in [0.29, 0.717) is 12.6 Å². The fourth-order valence-electron chi connectivity index (χ4n) is 0.917. The third-order valence-electron chi connectivity index (χ3n) is 2.56. The van der Waals surface area contributed by atoms with Crippen molar-refractivity contribution in [2.45, 2.75) is 39.8 Å². The molecule has 0 spiro atoms. The maximum atomic E-state index is 11.4. The summed E-state index contributed by atoms with van der Waals surface area (Å²) in [4.78, 5) is 13.5. The van der Waals surface area contributed by atoms with E-state index in [0.717, 1.165) is 6.54 Å². The highest BCUT2D eigenvalue weighted by Gasteiger charge is 2.18. The smallest absolute Gasteiger partial charge is 0.323 e. The molecule has 0 aliphatic rings. The van der Waals surface area contributed by atoms with Crippen LogP contribution in [-0.2, 0) is 9.53 Å². The van der Waals surface area contributed by atoms with Crippen molar-refractivity contribution in [2.75, 3.05) is 20.2 Å². The third kappa shape index (κ3) is 5.74. The Morgan fingerprint density at radius 1 is 1.33 bits per heavy atom. The second kappa shape index (κ2) is 6.80. The van der Waals surface area contributed by atoms with Crippen LogP contribution >= 0.6 is 0 Å². The zero-order chi connectivity index (χ0) is 12.0. The summed E-state index contributed by atoms with van der Waals surface area (Å²) in [7, 11) is 2.00. The van der Waals surface area contributed by atoms with Crippen LogP contribution in [0.4, 0.5) is 0 Å². The average molecular weight is 216 g/mol.